The molecule has 2 fully saturated rings. The van der Waals surface area contributed by atoms with Crippen molar-refractivity contribution < 1.29 is 14.4 Å². The average molecular weight is 412 g/mol. The molecule has 0 radical (unpaired) electrons. The van der Waals surface area contributed by atoms with E-state index < -0.39 is 12.1 Å². The summed E-state index contributed by atoms with van der Waals surface area (Å²) in [5, 5.41) is 0.561. The predicted molar refractivity (Wildman–Crippen MR) is 110 cm³/mol. The lowest BCUT2D eigenvalue weighted by Crippen LogP contribution is -2.70. The molecule has 0 aliphatic carbocycles. The highest BCUT2D eigenvalue weighted by Gasteiger charge is 2.47. The summed E-state index contributed by atoms with van der Waals surface area (Å²) in [6.45, 7) is 0.959. The number of benzene rings is 2. The van der Waals surface area contributed by atoms with Crippen molar-refractivity contribution in [3.05, 3.63) is 70.7 Å². The number of carbonyl (C=O) groups is 3. The fourth-order valence-electron chi connectivity index (χ4n) is 4.02. The zero-order valence-electron chi connectivity index (χ0n) is 16.1. The molecule has 0 bridgehead atoms. The van der Waals surface area contributed by atoms with Gasteiger partial charge in [-0.3, -0.25) is 14.4 Å². The molecule has 2 aliphatic heterocycles. The average Bonchev–Trinajstić information content (AvgIpc) is 2.75. The van der Waals surface area contributed by atoms with Crippen LogP contribution in [0.1, 0.15) is 15.9 Å². The quantitative estimate of drug-likeness (QED) is 0.776. The maximum atomic E-state index is 13.1. The predicted octanol–water partition coefficient (Wildman–Crippen LogP) is 2.08. The van der Waals surface area contributed by atoms with Crippen LogP contribution in [0.15, 0.2) is 54.6 Å². The minimum atomic E-state index is -0.635. The summed E-state index contributed by atoms with van der Waals surface area (Å²) >= 11 is 5.90. The molecule has 2 heterocycles. The van der Waals surface area contributed by atoms with E-state index in [1.54, 1.807) is 41.1 Å². The molecule has 2 aromatic carbocycles. The Labute approximate surface area is 174 Å². The van der Waals surface area contributed by atoms with E-state index in [0.717, 1.165) is 5.56 Å². The Kier molecular flexibility index (Phi) is 5.28. The molecule has 2 saturated heterocycles. The molecule has 150 valence electrons. The van der Waals surface area contributed by atoms with Crippen molar-refractivity contribution in [1.29, 1.82) is 0 Å². The molecule has 0 saturated carbocycles. The number of carbonyl (C=O) groups excluding carboxylic acids is 3. The number of piperazine rings is 2. The molecular weight excluding hydrogens is 390 g/mol. The monoisotopic (exact) mass is 411 g/mol. The van der Waals surface area contributed by atoms with Gasteiger partial charge in [0, 0.05) is 37.1 Å². The van der Waals surface area contributed by atoms with Crippen molar-refractivity contribution in [3.63, 3.8) is 0 Å². The number of likely N-dealkylation sites (N-methyl/N-ethyl adjacent to an activating group) is 1. The molecule has 2 aromatic rings. The van der Waals surface area contributed by atoms with Crippen LogP contribution in [0.2, 0.25) is 5.02 Å². The van der Waals surface area contributed by atoms with Crippen LogP contribution >= 0.6 is 11.6 Å². The molecule has 2 aliphatic rings. The summed E-state index contributed by atoms with van der Waals surface area (Å²) in [7, 11) is 1.67. The van der Waals surface area contributed by atoms with Gasteiger partial charge in [-0.2, -0.15) is 0 Å². The molecular formula is C22H22ClN3O3. The standard InChI is InChI=1S/C22H22ClN3O3/c1-24-18(13-15-5-3-2-4-6-15)22(29)26-12-11-25(14-19(26)21(24)28)20(27)16-7-9-17(23)10-8-16/h2-10,18-19H,11-14H2,1H3/t18-,19+/m0/s1. The molecule has 0 unspecified atom stereocenters. The van der Waals surface area contributed by atoms with Crippen LogP contribution in [-0.4, -0.2) is 71.2 Å². The number of amides is 3. The number of rotatable bonds is 3. The van der Waals surface area contributed by atoms with E-state index >= 15 is 0 Å². The van der Waals surface area contributed by atoms with Gasteiger partial charge < -0.3 is 14.7 Å². The van der Waals surface area contributed by atoms with Crippen LogP contribution in [0.3, 0.4) is 0 Å². The molecule has 29 heavy (non-hydrogen) atoms. The first-order valence-electron chi connectivity index (χ1n) is 9.61. The minimum absolute atomic E-state index is 0.0560. The van der Waals surface area contributed by atoms with Crippen molar-refractivity contribution in [2.45, 2.75) is 18.5 Å². The molecule has 3 amide bonds. The summed E-state index contributed by atoms with van der Waals surface area (Å²) in [4.78, 5) is 43.8. The normalized spacial score (nSPS) is 21.9. The first kappa shape index (κ1) is 19.5. The summed E-state index contributed by atoms with van der Waals surface area (Å²) in [5.74, 6) is -0.339. The first-order chi connectivity index (χ1) is 14.0. The Morgan fingerprint density at radius 2 is 1.69 bits per heavy atom. The van der Waals surface area contributed by atoms with Crippen LogP contribution in [0, 0.1) is 0 Å². The van der Waals surface area contributed by atoms with Crippen LogP contribution in [-0.2, 0) is 16.0 Å². The van der Waals surface area contributed by atoms with Crippen LogP contribution < -0.4 is 0 Å². The Bertz CT molecular complexity index is 932. The van der Waals surface area contributed by atoms with Gasteiger partial charge in [0.15, 0.2) is 0 Å². The van der Waals surface area contributed by atoms with Gasteiger partial charge in [0.25, 0.3) is 5.91 Å². The van der Waals surface area contributed by atoms with Gasteiger partial charge >= 0.3 is 0 Å². The molecule has 0 aromatic heterocycles. The summed E-state index contributed by atoms with van der Waals surface area (Å²) < 4.78 is 0. The Hall–Kier alpha value is -2.86. The van der Waals surface area contributed by atoms with E-state index in [0.29, 0.717) is 30.1 Å². The van der Waals surface area contributed by atoms with Crippen molar-refractivity contribution >= 4 is 29.3 Å². The fourth-order valence-corrected chi connectivity index (χ4v) is 4.15. The third-order valence-corrected chi connectivity index (χ3v) is 5.95. The topological polar surface area (TPSA) is 60.9 Å². The lowest BCUT2D eigenvalue weighted by molar-refractivity contribution is -0.163. The fraction of sp³-hybridized carbons (Fsp3) is 0.318. The van der Waals surface area contributed by atoms with E-state index in [1.807, 2.05) is 30.3 Å². The molecule has 6 nitrogen and oxygen atoms in total. The zero-order valence-corrected chi connectivity index (χ0v) is 16.9. The van der Waals surface area contributed by atoms with E-state index in [1.165, 1.54) is 4.90 Å². The molecule has 7 heteroatoms. The van der Waals surface area contributed by atoms with Crippen LogP contribution in [0.5, 0.6) is 0 Å². The molecule has 2 atom stereocenters. The second-order valence-corrected chi connectivity index (χ2v) is 7.90. The van der Waals surface area contributed by atoms with Crippen molar-refractivity contribution in [2.24, 2.45) is 0 Å². The zero-order chi connectivity index (χ0) is 20.5. The molecule has 0 N–H and O–H groups in total. The van der Waals surface area contributed by atoms with Gasteiger partial charge in [-0.1, -0.05) is 41.9 Å². The largest absolute Gasteiger partial charge is 0.334 e. The van der Waals surface area contributed by atoms with E-state index in [9.17, 15) is 14.4 Å². The summed E-state index contributed by atoms with van der Waals surface area (Å²) in [6.07, 6.45) is 0.485. The van der Waals surface area contributed by atoms with Crippen molar-refractivity contribution in [3.8, 4) is 0 Å². The Balaban J connectivity index is 1.50. The highest BCUT2D eigenvalue weighted by Crippen LogP contribution is 2.24. The van der Waals surface area contributed by atoms with Crippen molar-refractivity contribution in [1.82, 2.24) is 14.7 Å². The van der Waals surface area contributed by atoms with Gasteiger partial charge in [-0.05, 0) is 29.8 Å². The third kappa shape index (κ3) is 3.72. The Morgan fingerprint density at radius 3 is 2.38 bits per heavy atom. The van der Waals surface area contributed by atoms with Crippen LogP contribution in [0.4, 0.5) is 0 Å². The lowest BCUT2D eigenvalue weighted by Gasteiger charge is -2.48. The second-order valence-electron chi connectivity index (χ2n) is 7.46. The van der Waals surface area contributed by atoms with Gasteiger partial charge in [0.2, 0.25) is 11.8 Å². The lowest BCUT2D eigenvalue weighted by atomic mass is 9.97. The molecule has 0 spiro atoms. The highest BCUT2D eigenvalue weighted by atomic mass is 35.5. The second kappa shape index (κ2) is 7.87. The first-order valence-corrected chi connectivity index (χ1v) is 9.99. The highest BCUT2D eigenvalue weighted by molar-refractivity contribution is 6.30. The maximum absolute atomic E-state index is 13.1. The maximum Gasteiger partial charge on any atom is 0.254 e. The SMILES string of the molecule is CN1C(=O)[C@H]2CN(C(=O)c3ccc(Cl)cc3)CCN2C(=O)[C@@H]1Cc1ccccc1. The van der Waals surface area contributed by atoms with E-state index in [-0.39, 0.29) is 24.3 Å². The number of hydrogen-bond acceptors (Lipinski definition) is 3. The van der Waals surface area contributed by atoms with Crippen LogP contribution in [0.25, 0.3) is 0 Å². The number of halogens is 1. The van der Waals surface area contributed by atoms with Crippen molar-refractivity contribution in [2.75, 3.05) is 26.7 Å². The van der Waals surface area contributed by atoms with Gasteiger partial charge in [-0.15, -0.1) is 0 Å². The van der Waals surface area contributed by atoms with Gasteiger partial charge in [0.05, 0.1) is 6.54 Å². The van der Waals surface area contributed by atoms with Gasteiger partial charge in [-0.25, -0.2) is 0 Å². The smallest absolute Gasteiger partial charge is 0.254 e. The van der Waals surface area contributed by atoms with Gasteiger partial charge in [0.1, 0.15) is 12.1 Å². The number of hydrogen-bond donors (Lipinski definition) is 0. The molecule has 4 rings (SSSR count). The summed E-state index contributed by atoms with van der Waals surface area (Å²) in [5.41, 5.74) is 1.54. The summed E-state index contributed by atoms with van der Waals surface area (Å²) in [6, 6.07) is 15.2. The van der Waals surface area contributed by atoms with E-state index in [2.05, 4.69) is 0 Å². The Morgan fingerprint density at radius 1 is 1.00 bits per heavy atom. The number of fused-ring (bicyclic) bond motifs is 1. The number of nitrogens with zero attached hydrogens (tertiary/aromatic N) is 3. The minimum Gasteiger partial charge on any atom is -0.334 e. The third-order valence-electron chi connectivity index (χ3n) is 5.70. The van der Waals surface area contributed by atoms with E-state index in [4.69, 9.17) is 11.6 Å².